The number of hydrogen-bond acceptors (Lipinski definition) is 5. The number of carboxylic acid groups (broad SMARTS) is 1. The maximum atomic E-state index is 13.3. The average Bonchev–Trinajstić information content (AvgIpc) is 3.42. The van der Waals surface area contributed by atoms with Gasteiger partial charge < -0.3 is 24.3 Å². The molecule has 0 spiro atoms. The summed E-state index contributed by atoms with van der Waals surface area (Å²) in [5.74, 6) is 0. The number of nitrogens with zero attached hydrogens (tertiary/aromatic N) is 3. The second kappa shape index (κ2) is 6.73. The summed E-state index contributed by atoms with van der Waals surface area (Å²) < 4.78 is 9.00. The molecule has 0 bridgehead atoms. The van der Waals surface area contributed by atoms with Gasteiger partial charge in [-0.2, -0.15) is 4.98 Å². The zero-order valence-electron chi connectivity index (χ0n) is 16.9. The van der Waals surface area contributed by atoms with Gasteiger partial charge in [-0.15, -0.1) is 0 Å². The monoisotopic (exact) mass is 474 g/mol. The number of rotatable bonds is 3. The van der Waals surface area contributed by atoms with E-state index >= 15 is 0 Å². The van der Waals surface area contributed by atoms with Gasteiger partial charge in [-0.1, -0.05) is 15.9 Å². The summed E-state index contributed by atoms with van der Waals surface area (Å²) >= 11 is 3.59. The first-order valence-electron chi connectivity index (χ1n) is 10.2. The molecule has 2 N–H and O–H groups in total. The number of amides is 1. The van der Waals surface area contributed by atoms with Gasteiger partial charge in [-0.05, 0) is 57.2 Å². The summed E-state index contributed by atoms with van der Waals surface area (Å²) in [7, 11) is 0. The molecule has 1 aliphatic heterocycles. The molecule has 8 nitrogen and oxygen atoms in total. The molecule has 1 saturated heterocycles. The summed E-state index contributed by atoms with van der Waals surface area (Å²) in [6.07, 6.45) is 2.26. The maximum Gasteiger partial charge on any atom is 0.405 e. The molecule has 2 aromatic heterocycles. The number of anilines is 1. The Morgan fingerprint density at radius 1 is 1.33 bits per heavy atom. The number of piperidine rings is 1. The number of aryl methyl sites for hydroxylation is 1. The van der Waals surface area contributed by atoms with E-state index in [0.717, 1.165) is 33.8 Å². The standard InChI is InChI=1S/C21H23BrN4O4/c1-11-14(22)6-5-13-16(11)26(12-3-4-12)18(27)15-17(13)30-19(23-15)25-9-7-21(2,8-10-25)24-20(28)29/h5-6,12,24H,3-4,7-10H2,1-2H3,(H,28,29). The number of halogens is 1. The van der Waals surface area contributed by atoms with Crippen LogP contribution in [-0.4, -0.2) is 39.4 Å². The highest BCUT2D eigenvalue weighted by Crippen LogP contribution is 2.40. The molecular formula is C21H23BrN4O4. The first-order valence-corrected chi connectivity index (χ1v) is 11.0. The first-order chi connectivity index (χ1) is 14.3. The van der Waals surface area contributed by atoms with Gasteiger partial charge in [0.15, 0.2) is 11.1 Å². The lowest BCUT2D eigenvalue weighted by Crippen LogP contribution is -2.53. The molecule has 2 aliphatic rings. The van der Waals surface area contributed by atoms with Crippen LogP contribution < -0.4 is 15.8 Å². The van der Waals surface area contributed by atoms with Gasteiger partial charge in [0.2, 0.25) is 0 Å². The molecule has 1 amide bonds. The van der Waals surface area contributed by atoms with E-state index in [9.17, 15) is 9.59 Å². The number of nitrogens with one attached hydrogen (secondary N) is 1. The minimum absolute atomic E-state index is 0.106. The van der Waals surface area contributed by atoms with Crippen molar-refractivity contribution in [3.8, 4) is 0 Å². The maximum absolute atomic E-state index is 13.3. The van der Waals surface area contributed by atoms with Crippen molar-refractivity contribution in [3.05, 3.63) is 32.5 Å². The van der Waals surface area contributed by atoms with E-state index in [0.29, 0.717) is 43.0 Å². The van der Waals surface area contributed by atoms with Crippen LogP contribution in [0.4, 0.5) is 10.8 Å². The molecule has 5 rings (SSSR count). The third-order valence-electron chi connectivity index (χ3n) is 6.35. The number of oxazole rings is 1. The van der Waals surface area contributed by atoms with Crippen molar-refractivity contribution in [2.24, 2.45) is 0 Å². The van der Waals surface area contributed by atoms with Gasteiger partial charge in [0.05, 0.1) is 5.52 Å². The summed E-state index contributed by atoms with van der Waals surface area (Å²) in [4.78, 5) is 31.0. The van der Waals surface area contributed by atoms with Crippen molar-refractivity contribution < 1.29 is 14.3 Å². The van der Waals surface area contributed by atoms with E-state index in [4.69, 9.17) is 9.52 Å². The largest absolute Gasteiger partial charge is 0.465 e. The van der Waals surface area contributed by atoms with Crippen molar-refractivity contribution in [2.45, 2.75) is 51.1 Å². The molecule has 0 unspecified atom stereocenters. The van der Waals surface area contributed by atoms with Gasteiger partial charge in [0.1, 0.15) is 0 Å². The van der Waals surface area contributed by atoms with Crippen LogP contribution >= 0.6 is 15.9 Å². The molecule has 9 heteroatoms. The fourth-order valence-corrected chi connectivity index (χ4v) is 4.73. The molecule has 1 saturated carbocycles. The quantitative estimate of drug-likeness (QED) is 0.590. The van der Waals surface area contributed by atoms with Crippen LogP contribution in [0.2, 0.25) is 0 Å². The highest BCUT2D eigenvalue weighted by molar-refractivity contribution is 9.10. The molecular weight excluding hydrogens is 452 g/mol. The number of hydrogen-bond donors (Lipinski definition) is 2. The summed E-state index contributed by atoms with van der Waals surface area (Å²) in [6, 6.07) is 4.60. The third-order valence-corrected chi connectivity index (χ3v) is 7.21. The Bertz CT molecular complexity index is 1240. The smallest absolute Gasteiger partial charge is 0.405 e. The van der Waals surface area contributed by atoms with E-state index < -0.39 is 11.6 Å². The Kier molecular flexibility index (Phi) is 4.36. The number of pyridine rings is 1. The number of fused-ring (bicyclic) bond motifs is 3. The van der Waals surface area contributed by atoms with Crippen LogP contribution in [-0.2, 0) is 0 Å². The Hall–Kier alpha value is -2.55. The number of benzene rings is 1. The van der Waals surface area contributed by atoms with Crippen LogP contribution in [0, 0.1) is 6.92 Å². The van der Waals surface area contributed by atoms with Gasteiger partial charge >= 0.3 is 6.09 Å². The average molecular weight is 475 g/mol. The summed E-state index contributed by atoms with van der Waals surface area (Å²) in [5.41, 5.74) is 2.24. The number of carbonyl (C=O) groups is 1. The molecule has 3 aromatic rings. The third kappa shape index (κ3) is 3.07. The molecule has 158 valence electrons. The lowest BCUT2D eigenvalue weighted by Gasteiger charge is -2.38. The second-order valence-electron chi connectivity index (χ2n) is 8.63. The highest BCUT2D eigenvalue weighted by Gasteiger charge is 2.34. The highest BCUT2D eigenvalue weighted by atomic mass is 79.9. The fraction of sp³-hybridized carbons (Fsp3) is 0.476. The molecule has 1 aromatic carbocycles. The normalized spacial score (nSPS) is 18.8. The Labute approximate surface area is 181 Å². The van der Waals surface area contributed by atoms with E-state index in [2.05, 4.69) is 26.2 Å². The Balaban J connectivity index is 1.59. The molecule has 3 heterocycles. The summed E-state index contributed by atoms with van der Waals surface area (Å²) in [5, 5.41) is 12.6. The van der Waals surface area contributed by atoms with Crippen molar-refractivity contribution >= 4 is 50.0 Å². The fourth-order valence-electron chi connectivity index (χ4n) is 4.41. The van der Waals surface area contributed by atoms with Crippen molar-refractivity contribution in [1.82, 2.24) is 14.9 Å². The Morgan fingerprint density at radius 3 is 2.67 bits per heavy atom. The first kappa shape index (κ1) is 19.4. The van der Waals surface area contributed by atoms with E-state index in [-0.39, 0.29) is 11.6 Å². The van der Waals surface area contributed by atoms with Crippen LogP contribution in [0.3, 0.4) is 0 Å². The van der Waals surface area contributed by atoms with Crippen molar-refractivity contribution in [2.75, 3.05) is 18.0 Å². The zero-order chi connectivity index (χ0) is 21.2. The minimum Gasteiger partial charge on any atom is -0.465 e. The Morgan fingerprint density at radius 2 is 2.03 bits per heavy atom. The molecule has 1 aliphatic carbocycles. The molecule has 0 radical (unpaired) electrons. The van der Waals surface area contributed by atoms with Crippen LogP contribution in [0.25, 0.3) is 22.0 Å². The lowest BCUT2D eigenvalue weighted by atomic mass is 9.90. The second-order valence-corrected chi connectivity index (χ2v) is 9.48. The SMILES string of the molecule is Cc1c(Br)ccc2c3oc(N4CCC(C)(NC(=O)O)CC4)nc3c(=O)n(C3CC3)c12. The predicted molar refractivity (Wildman–Crippen MR) is 117 cm³/mol. The van der Waals surface area contributed by atoms with E-state index in [1.165, 1.54) is 0 Å². The van der Waals surface area contributed by atoms with Gasteiger partial charge in [-0.3, -0.25) is 4.79 Å². The summed E-state index contributed by atoms with van der Waals surface area (Å²) in [6.45, 7) is 5.12. The number of aromatic nitrogens is 2. The lowest BCUT2D eigenvalue weighted by molar-refractivity contribution is 0.172. The minimum atomic E-state index is -1.01. The zero-order valence-corrected chi connectivity index (χ0v) is 18.5. The molecule has 30 heavy (non-hydrogen) atoms. The predicted octanol–water partition coefficient (Wildman–Crippen LogP) is 4.18. The van der Waals surface area contributed by atoms with Crippen LogP contribution in [0.1, 0.15) is 44.2 Å². The van der Waals surface area contributed by atoms with Crippen LogP contribution in [0.15, 0.2) is 25.8 Å². The van der Waals surface area contributed by atoms with Crippen molar-refractivity contribution in [1.29, 1.82) is 0 Å². The van der Waals surface area contributed by atoms with Gasteiger partial charge in [0, 0.05) is 34.5 Å². The van der Waals surface area contributed by atoms with Crippen LogP contribution in [0.5, 0.6) is 0 Å². The van der Waals surface area contributed by atoms with E-state index in [1.807, 2.05) is 35.4 Å². The van der Waals surface area contributed by atoms with Crippen molar-refractivity contribution in [3.63, 3.8) is 0 Å². The molecule has 0 atom stereocenters. The van der Waals surface area contributed by atoms with Gasteiger partial charge in [0.25, 0.3) is 11.6 Å². The topological polar surface area (TPSA) is 101 Å². The van der Waals surface area contributed by atoms with E-state index in [1.54, 1.807) is 0 Å². The molecule has 2 fully saturated rings. The van der Waals surface area contributed by atoms with Gasteiger partial charge in [-0.25, -0.2) is 4.79 Å².